The van der Waals surface area contributed by atoms with Crippen molar-refractivity contribution in [2.45, 2.75) is 6.54 Å². The van der Waals surface area contributed by atoms with E-state index in [4.69, 9.17) is 11.6 Å². The van der Waals surface area contributed by atoms with Crippen molar-refractivity contribution in [2.75, 3.05) is 46.3 Å². The van der Waals surface area contributed by atoms with E-state index in [1.165, 1.54) is 18.7 Å². The van der Waals surface area contributed by atoms with Crippen molar-refractivity contribution in [3.63, 3.8) is 0 Å². The number of benzene rings is 1. The quantitative estimate of drug-likeness (QED) is 0.883. The van der Waals surface area contributed by atoms with Crippen LogP contribution >= 0.6 is 27.5 Å². The van der Waals surface area contributed by atoms with Gasteiger partial charge in [-0.05, 0) is 40.7 Å². The molecule has 2 rings (SSSR count). The highest BCUT2D eigenvalue weighted by molar-refractivity contribution is 9.10. The molecule has 5 heteroatoms. The zero-order chi connectivity index (χ0) is 13.7. The van der Waals surface area contributed by atoms with Crippen molar-refractivity contribution < 1.29 is 0 Å². The van der Waals surface area contributed by atoms with E-state index in [1.54, 1.807) is 0 Å². The summed E-state index contributed by atoms with van der Waals surface area (Å²) in [7, 11) is 2.17. The summed E-state index contributed by atoms with van der Waals surface area (Å²) in [5.74, 6) is 0. The molecule has 1 aromatic rings. The minimum atomic E-state index is 0.771. The van der Waals surface area contributed by atoms with Gasteiger partial charge in [0.25, 0.3) is 0 Å². The number of rotatable bonds is 5. The van der Waals surface area contributed by atoms with Crippen LogP contribution in [0.3, 0.4) is 0 Å². The van der Waals surface area contributed by atoms with Gasteiger partial charge in [0.15, 0.2) is 0 Å². The molecule has 0 radical (unpaired) electrons. The van der Waals surface area contributed by atoms with Gasteiger partial charge >= 0.3 is 0 Å². The maximum absolute atomic E-state index is 6.01. The van der Waals surface area contributed by atoms with Crippen LogP contribution in [0.1, 0.15) is 5.56 Å². The smallest absolute Gasteiger partial charge is 0.0548 e. The van der Waals surface area contributed by atoms with E-state index in [0.717, 1.165) is 42.2 Å². The zero-order valence-corrected chi connectivity index (χ0v) is 13.7. The van der Waals surface area contributed by atoms with Crippen LogP contribution in [-0.2, 0) is 6.54 Å². The molecular weight excluding hydrogens is 326 g/mol. The largest absolute Gasteiger partial charge is 0.314 e. The lowest BCUT2D eigenvalue weighted by atomic mass is 10.2. The van der Waals surface area contributed by atoms with Crippen molar-refractivity contribution in [3.8, 4) is 0 Å². The zero-order valence-electron chi connectivity index (χ0n) is 11.3. The van der Waals surface area contributed by atoms with Crippen LogP contribution in [0.25, 0.3) is 0 Å². The molecule has 0 amide bonds. The molecule has 1 saturated heterocycles. The Morgan fingerprint density at radius 2 is 2.11 bits per heavy atom. The van der Waals surface area contributed by atoms with E-state index >= 15 is 0 Å². The third-order valence-corrected chi connectivity index (χ3v) is 4.66. The summed E-state index contributed by atoms with van der Waals surface area (Å²) in [5.41, 5.74) is 1.29. The molecular formula is C14H21BrClN3. The van der Waals surface area contributed by atoms with E-state index in [-0.39, 0.29) is 0 Å². The summed E-state index contributed by atoms with van der Waals surface area (Å²) in [4.78, 5) is 4.88. The van der Waals surface area contributed by atoms with Gasteiger partial charge in [-0.1, -0.05) is 17.7 Å². The van der Waals surface area contributed by atoms with Gasteiger partial charge in [0.1, 0.15) is 0 Å². The molecule has 1 aromatic carbocycles. The lowest BCUT2D eigenvalue weighted by molar-refractivity contribution is 0.202. The lowest BCUT2D eigenvalue weighted by Crippen LogP contribution is -2.45. The number of nitrogens with one attached hydrogen (secondary N) is 1. The first-order chi connectivity index (χ1) is 9.15. The van der Waals surface area contributed by atoms with Gasteiger partial charge in [-0.15, -0.1) is 0 Å². The minimum Gasteiger partial charge on any atom is -0.314 e. The van der Waals surface area contributed by atoms with E-state index in [2.05, 4.69) is 50.2 Å². The monoisotopic (exact) mass is 345 g/mol. The number of likely N-dealkylation sites (N-methyl/N-ethyl adjacent to an activating group) is 1. The Morgan fingerprint density at radius 3 is 2.79 bits per heavy atom. The average molecular weight is 347 g/mol. The molecule has 0 spiro atoms. The summed E-state index contributed by atoms with van der Waals surface area (Å²) in [6.45, 7) is 7.78. The molecule has 19 heavy (non-hydrogen) atoms. The number of piperazine rings is 1. The molecule has 1 fully saturated rings. The molecule has 0 atom stereocenters. The topological polar surface area (TPSA) is 18.5 Å². The van der Waals surface area contributed by atoms with Gasteiger partial charge in [0.05, 0.1) is 5.02 Å². The van der Waals surface area contributed by atoms with Gasteiger partial charge < -0.3 is 10.2 Å². The molecule has 0 saturated carbocycles. The second-order valence-electron chi connectivity index (χ2n) is 5.08. The van der Waals surface area contributed by atoms with E-state index < -0.39 is 0 Å². The first-order valence-corrected chi connectivity index (χ1v) is 7.88. The van der Waals surface area contributed by atoms with Crippen LogP contribution in [0.15, 0.2) is 22.7 Å². The van der Waals surface area contributed by atoms with Gasteiger partial charge in [0, 0.05) is 50.3 Å². The van der Waals surface area contributed by atoms with Crippen LogP contribution in [0.2, 0.25) is 5.02 Å². The molecule has 0 aromatic heterocycles. The van der Waals surface area contributed by atoms with Gasteiger partial charge in [-0.3, -0.25) is 4.90 Å². The van der Waals surface area contributed by atoms with Crippen molar-refractivity contribution >= 4 is 27.5 Å². The predicted octanol–water partition coefficient (Wildman–Crippen LogP) is 2.44. The Kier molecular flexibility index (Phi) is 6.10. The number of hydrogen-bond donors (Lipinski definition) is 1. The van der Waals surface area contributed by atoms with Crippen LogP contribution in [0.4, 0.5) is 0 Å². The van der Waals surface area contributed by atoms with E-state index in [1.807, 2.05) is 6.07 Å². The third-order valence-electron chi connectivity index (χ3n) is 3.44. The van der Waals surface area contributed by atoms with Crippen molar-refractivity contribution in [3.05, 3.63) is 33.3 Å². The van der Waals surface area contributed by atoms with Gasteiger partial charge in [0.2, 0.25) is 0 Å². The van der Waals surface area contributed by atoms with Crippen molar-refractivity contribution in [1.82, 2.24) is 15.1 Å². The van der Waals surface area contributed by atoms with Crippen LogP contribution in [0.5, 0.6) is 0 Å². The Bertz CT molecular complexity index is 408. The van der Waals surface area contributed by atoms with Crippen molar-refractivity contribution in [2.24, 2.45) is 0 Å². The highest BCUT2D eigenvalue weighted by Crippen LogP contribution is 2.23. The Hall–Kier alpha value is -0.130. The number of halogens is 2. The molecule has 0 bridgehead atoms. The predicted molar refractivity (Wildman–Crippen MR) is 84.8 cm³/mol. The third kappa shape index (κ3) is 5.04. The molecule has 106 valence electrons. The van der Waals surface area contributed by atoms with E-state index in [0.29, 0.717) is 0 Å². The Labute approximate surface area is 129 Å². The summed E-state index contributed by atoms with van der Waals surface area (Å²) in [6, 6.07) is 6.14. The first-order valence-electron chi connectivity index (χ1n) is 6.71. The normalized spacial score (nSPS) is 17.1. The maximum atomic E-state index is 6.01. The Balaban J connectivity index is 1.76. The maximum Gasteiger partial charge on any atom is 0.0548 e. The number of nitrogens with zero attached hydrogens (tertiary/aromatic N) is 2. The summed E-state index contributed by atoms with van der Waals surface area (Å²) in [6.07, 6.45) is 0. The fourth-order valence-corrected chi connectivity index (χ4v) is 2.82. The second-order valence-corrected chi connectivity index (χ2v) is 6.34. The van der Waals surface area contributed by atoms with Crippen molar-refractivity contribution in [1.29, 1.82) is 0 Å². The van der Waals surface area contributed by atoms with Crippen LogP contribution in [0, 0.1) is 0 Å². The molecule has 0 unspecified atom stereocenters. The average Bonchev–Trinajstić information content (AvgIpc) is 2.42. The molecule has 1 aliphatic heterocycles. The van der Waals surface area contributed by atoms with Crippen LogP contribution in [-0.4, -0.2) is 56.1 Å². The SMILES string of the molecule is CN(CCN1CCNCC1)Cc1ccc(Cl)c(Br)c1. The highest BCUT2D eigenvalue weighted by atomic mass is 79.9. The number of hydrogen-bond acceptors (Lipinski definition) is 3. The van der Waals surface area contributed by atoms with Gasteiger partial charge in [-0.25, -0.2) is 0 Å². The Morgan fingerprint density at radius 1 is 1.37 bits per heavy atom. The van der Waals surface area contributed by atoms with Crippen LogP contribution < -0.4 is 5.32 Å². The summed E-state index contributed by atoms with van der Waals surface area (Å²) < 4.78 is 0.974. The fourth-order valence-electron chi connectivity index (χ4n) is 2.28. The van der Waals surface area contributed by atoms with Gasteiger partial charge in [-0.2, -0.15) is 0 Å². The molecule has 0 aliphatic carbocycles. The first kappa shape index (κ1) is 15.3. The molecule has 3 nitrogen and oxygen atoms in total. The summed E-state index contributed by atoms with van der Waals surface area (Å²) >= 11 is 9.48. The van der Waals surface area contributed by atoms with E-state index in [9.17, 15) is 0 Å². The minimum absolute atomic E-state index is 0.771. The summed E-state index contributed by atoms with van der Waals surface area (Å²) in [5, 5.41) is 4.15. The molecule has 1 N–H and O–H groups in total. The fraction of sp³-hybridized carbons (Fsp3) is 0.571. The molecule has 1 aliphatic rings. The standard InChI is InChI=1S/C14H21BrClN3/c1-18(8-9-19-6-4-17-5-7-19)11-12-2-3-14(16)13(15)10-12/h2-3,10,17H,4-9,11H2,1H3. The molecule has 1 heterocycles. The highest BCUT2D eigenvalue weighted by Gasteiger charge is 2.10. The second kappa shape index (κ2) is 7.60. The lowest BCUT2D eigenvalue weighted by Gasteiger charge is -2.29.